The van der Waals surface area contributed by atoms with Gasteiger partial charge in [-0.3, -0.25) is 5.10 Å². The molecular formula is C12H18N4S. The Bertz CT molecular complexity index is 464. The SMILES string of the molecule is Cc1n[nH]c(=S)nc1NCCC1=CCCCC1. The van der Waals surface area contributed by atoms with E-state index >= 15 is 0 Å². The van der Waals surface area contributed by atoms with Crippen LogP contribution >= 0.6 is 12.2 Å². The Morgan fingerprint density at radius 3 is 3.12 bits per heavy atom. The molecule has 0 aliphatic heterocycles. The number of hydrogen-bond acceptors (Lipinski definition) is 4. The van der Waals surface area contributed by atoms with Crippen LogP contribution in [-0.4, -0.2) is 21.7 Å². The molecule has 1 aliphatic rings. The van der Waals surface area contributed by atoms with E-state index in [1.54, 1.807) is 5.57 Å². The number of aromatic nitrogens is 3. The summed E-state index contributed by atoms with van der Waals surface area (Å²) in [6, 6.07) is 0. The van der Waals surface area contributed by atoms with E-state index in [2.05, 4.69) is 26.6 Å². The normalized spacial score (nSPS) is 15.5. The summed E-state index contributed by atoms with van der Waals surface area (Å²) >= 11 is 4.95. The van der Waals surface area contributed by atoms with Gasteiger partial charge in [-0.2, -0.15) is 10.1 Å². The fourth-order valence-corrected chi connectivity index (χ4v) is 2.17. The van der Waals surface area contributed by atoms with Gasteiger partial charge in [0.25, 0.3) is 0 Å². The zero-order valence-electron chi connectivity index (χ0n) is 10.1. The summed E-state index contributed by atoms with van der Waals surface area (Å²) in [6.07, 6.45) is 8.63. The average molecular weight is 250 g/mol. The molecule has 2 rings (SSSR count). The smallest absolute Gasteiger partial charge is 0.215 e. The van der Waals surface area contributed by atoms with Gasteiger partial charge in [0.05, 0.1) is 5.69 Å². The van der Waals surface area contributed by atoms with Crippen molar-refractivity contribution >= 4 is 18.0 Å². The van der Waals surface area contributed by atoms with Crippen molar-refractivity contribution in [3.05, 3.63) is 22.1 Å². The van der Waals surface area contributed by atoms with Crippen LogP contribution in [0.2, 0.25) is 0 Å². The van der Waals surface area contributed by atoms with E-state index in [9.17, 15) is 0 Å². The lowest BCUT2D eigenvalue weighted by Crippen LogP contribution is -2.08. The number of allylic oxidation sites excluding steroid dienone is 1. The van der Waals surface area contributed by atoms with Gasteiger partial charge in [-0.25, -0.2) is 0 Å². The standard InChI is InChI=1S/C12H18N4S/c1-9-11(14-12(17)16-15-9)13-8-7-10-5-3-2-4-6-10/h5H,2-4,6-8H2,1H3,(H2,13,14,16,17). The van der Waals surface area contributed by atoms with Gasteiger partial charge in [0.15, 0.2) is 5.82 Å². The van der Waals surface area contributed by atoms with Crippen LogP contribution in [0.1, 0.15) is 37.8 Å². The summed E-state index contributed by atoms with van der Waals surface area (Å²) in [4.78, 5) is 4.22. The molecule has 0 radical (unpaired) electrons. The highest BCUT2D eigenvalue weighted by molar-refractivity contribution is 7.71. The van der Waals surface area contributed by atoms with E-state index in [-0.39, 0.29) is 0 Å². The van der Waals surface area contributed by atoms with E-state index in [1.807, 2.05) is 6.92 Å². The molecule has 0 amide bonds. The minimum atomic E-state index is 0.426. The first-order valence-electron chi connectivity index (χ1n) is 6.11. The number of aryl methyl sites for hydroxylation is 1. The Labute approximate surface area is 107 Å². The summed E-state index contributed by atoms with van der Waals surface area (Å²) in [5.74, 6) is 0.796. The summed E-state index contributed by atoms with van der Waals surface area (Å²) in [5, 5.41) is 10.1. The number of nitrogens with zero attached hydrogens (tertiary/aromatic N) is 2. The van der Waals surface area contributed by atoms with Gasteiger partial charge in [0.2, 0.25) is 4.77 Å². The number of rotatable bonds is 4. The first-order valence-corrected chi connectivity index (χ1v) is 6.51. The molecule has 1 aromatic rings. The Kier molecular flexibility index (Phi) is 4.25. The van der Waals surface area contributed by atoms with Crippen molar-refractivity contribution in [3.63, 3.8) is 0 Å². The predicted molar refractivity (Wildman–Crippen MR) is 71.6 cm³/mol. The maximum absolute atomic E-state index is 4.95. The van der Waals surface area contributed by atoms with Crippen molar-refractivity contribution in [1.82, 2.24) is 15.2 Å². The number of hydrogen-bond donors (Lipinski definition) is 2. The number of nitrogens with one attached hydrogen (secondary N) is 2. The lowest BCUT2D eigenvalue weighted by molar-refractivity contribution is 0.679. The number of aromatic amines is 1. The van der Waals surface area contributed by atoms with Crippen molar-refractivity contribution in [2.45, 2.75) is 39.0 Å². The van der Waals surface area contributed by atoms with Crippen LogP contribution in [0.15, 0.2) is 11.6 Å². The number of H-pyrrole nitrogens is 1. The minimum absolute atomic E-state index is 0.426. The molecule has 4 nitrogen and oxygen atoms in total. The van der Waals surface area contributed by atoms with Gasteiger partial charge < -0.3 is 5.32 Å². The minimum Gasteiger partial charge on any atom is -0.368 e. The molecule has 1 aliphatic carbocycles. The second kappa shape index (κ2) is 5.91. The molecule has 92 valence electrons. The third-order valence-corrected chi connectivity index (χ3v) is 3.18. The quantitative estimate of drug-likeness (QED) is 0.636. The Morgan fingerprint density at radius 1 is 1.47 bits per heavy atom. The fourth-order valence-electron chi connectivity index (χ4n) is 2.03. The van der Waals surface area contributed by atoms with E-state index in [4.69, 9.17) is 12.2 Å². The first-order chi connectivity index (χ1) is 8.25. The maximum atomic E-state index is 4.95. The zero-order valence-corrected chi connectivity index (χ0v) is 10.9. The monoisotopic (exact) mass is 250 g/mol. The average Bonchev–Trinajstić information content (AvgIpc) is 2.35. The highest BCUT2D eigenvalue weighted by Gasteiger charge is 2.04. The fraction of sp³-hybridized carbons (Fsp3) is 0.583. The molecule has 1 heterocycles. The van der Waals surface area contributed by atoms with Crippen LogP contribution in [-0.2, 0) is 0 Å². The van der Waals surface area contributed by atoms with Crippen LogP contribution < -0.4 is 5.32 Å². The highest BCUT2D eigenvalue weighted by atomic mass is 32.1. The summed E-state index contributed by atoms with van der Waals surface area (Å²) in [5.41, 5.74) is 2.42. The molecule has 2 N–H and O–H groups in total. The molecule has 17 heavy (non-hydrogen) atoms. The highest BCUT2D eigenvalue weighted by Crippen LogP contribution is 2.20. The van der Waals surface area contributed by atoms with E-state index in [0.29, 0.717) is 4.77 Å². The molecule has 0 saturated carbocycles. The summed E-state index contributed by atoms with van der Waals surface area (Å²) in [6.45, 7) is 2.82. The van der Waals surface area contributed by atoms with Gasteiger partial charge in [0.1, 0.15) is 0 Å². The van der Waals surface area contributed by atoms with E-state index in [0.717, 1.165) is 24.5 Å². The van der Waals surface area contributed by atoms with Gasteiger partial charge in [-0.15, -0.1) is 0 Å². The molecule has 0 unspecified atom stereocenters. The van der Waals surface area contributed by atoms with Gasteiger partial charge in [0, 0.05) is 6.54 Å². The second-order valence-corrected chi connectivity index (χ2v) is 4.75. The Balaban J connectivity index is 1.87. The third kappa shape index (κ3) is 3.63. The van der Waals surface area contributed by atoms with Crippen LogP contribution in [0.3, 0.4) is 0 Å². The van der Waals surface area contributed by atoms with Crippen molar-refractivity contribution in [1.29, 1.82) is 0 Å². The lowest BCUT2D eigenvalue weighted by atomic mass is 9.97. The summed E-state index contributed by atoms with van der Waals surface area (Å²) in [7, 11) is 0. The molecule has 0 fully saturated rings. The molecule has 0 atom stereocenters. The number of anilines is 1. The molecule has 5 heteroatoms. The van der Waals surface area contributed by atoms with Crippen molar-refractivity contribution in [2.75, 3.05) is 11.9 Å². The maximum Gasteiger partial charge on any atom is 0.215 e. The first kappa shape index (κ1) is 12.2. The molecule has 1 aromatic heterocycles. The molecule has 0 spiro atoms. The zero-order chi connectivity index (χ0) is 12.1. The largest absolute Gasteiger partial charge is 0.368 e. The van der Waals surface area contributed by atoms with Gasteiger partial charge in [-0.1, -0.05) is 11.6 Å². The van der Waals surface area contributed by atoms with Gasteiger partial charge >= 0.3 is 0 Å². The molecular weight excluding hydrogens is 232 g/mol. The lowest BCUT2D eigenvalue weighted by Gasteiger charge is -2.13. The van der Waals surface area contributed by atoms with E-state index in [1.165, 1.54) is 25.7 Å². The predicted octanol–water partition coefficient (Wildman–Crippen LogP) is 3.15. The summed E-state index contributed by atoms with van der Waals surface area (Å²) < 4.78 is 0.426. The van der Waals surface area contributed by atoms with Crippen LogP contribution in [0.5, 0.6) is 0 Å². The Hall–Kier alpha value is -1.23. The van der Waals surface area contributed by atoms with E-state index < -0.39 is 0 Å². The van der Waals surface area contributed by atoms with Crippen molar-refractivity contribution in [2.24, 2.45) is 0 Å². The second-order valence-electron chi connectivity index (χ2n) is 4.36. The topological polar surface area (TPSA) is 53.6 Å². The Morgan fingerprint density at radius 2 is 2.35 bits per heavy atom. The van der Waals surface area contributed by atoms with Gasteiger partial charge in [-0.05, 0) is 51.2 Å². The third-order valence-electron chi connectivity index (χ3n) is 3.00. The van der Waals surface area contributed by atoms with Crippen LogP contribution in [0.4, 0.5) is 5.82 Å². The molecule has 0 saturated heterocycles. The van der Waals surface area contributed by atoms with Crippen LogP contribution in [0.25, 0.3) is 0 Å². The molecule has 0 aromatic carbocycles. The molecule has 0 bridgehead atoms. The van der Waals surface area contributed by atoms with Crippen LogP contribution in [0, 0.1) is 11.7 Å². The van der Waals surface area contributed by atoms with Crippen molar-refractivity contribution in [3.8, 4) is 0 Å². The van der Waals surface area contributed by atoms with Crippen molar-refractivity contribution < 1.29 is 0 Å².